The Labute approximate surface area is 499 Å². The SMILES string of the molecule is CC(C)CCCCCCCCCCCCC(=O)COCC(OC(=O)CCCCCCCCCCCCC(C)C)[C@H]1OC(=O)C(OC(=O)CCCCCCCCCCCCC(C)C)=C1OC(=O)CCCCCCCCCCCCC(C)C. The first-order chi connectivity index (χ1) is 39.2. The van der Waals surface area contributed by atoms with Gasteiger partial charge in [-0.05, 0) is 49.4 Å². The van der Waals surface area contributed by atoms with Crippen LogP contribution in [0.5, 0.6) is 0 Å². The third-order valence-corrected chi connectivity index (χ3v) is 16.2. The van der Waals surface area contributed by atoms with Gasteiger partial charge in [0.25, 0.3) is 5.76 Å². The highest BCUT2D eigenvalue weighted by Gasteiger charge is 2.46. The summed E-state index contributed by atoms with van der Waals surface area (Å²) in [5.74, 6) is -0.358. The fourth-order valence-corrected chi connectivity index (χ4v) is 11.0. The van der Waals surface area contributed by atoms with Crippen LogP contribution in [0.1, 0.15) is 364 Å². The Morgan fingerprint density at radius 2 is 0.630 bits per heavy atom. The lowest BCUT2D eigenvalue weighted by molar-refractivity contribution is -0.169. The molecule has 0 aromatic carbocycles. The van der Waals surface area contributed by atoms with E-state index in [4.69, 9.17) is 23.7 Å². The number of hydrogen-bond donors (Lipinski definition) is 0. The Kier molecular flexibility index (Phi) is 50.8. The minimum atomic E-state index is -1.39. The second-order valence-corrected chi connectivity index (χ2v) is 26.4. The van der Waals surface area contributed by atoms with Gasteiger partial charge < -0.3 is 23.7 Å². The molecular formula is C71H130O10. The van der Waals surface area contributed by atoms with Gasteiger partial charge in [-0.3, -0.25) is 19.2 Å². The van der Waals surface area contributed by atoms with Crippen molar-refractivity contribution in [3.8, 4) is 0 Å². The molecule has 1 rings (SSSR count). The number of carbonyl (C=O) groups is 5. The highest BCUT2D eigenvalue weighted by molar-refractivity contribution is 5.93. The van der Waals surface area contributed by atoms with Crippen LogP contribution in [0.25, 0.3) is 0 Å². The van der Waals surface area contributed by atoms with Crippen LogP contribution in [0.3, 0.4) is 0 Å². The van der Waals surface area contributed by atoms with Crippen LogP contribution in [-0.2, 0) is 47.7 Å². The molecule has 0 aliphatic carbocycles. The molecule has 10 heteroatoms. The largest absolute Gasteiger partial charge is 0.455 e. The van der Waals surface area contributed by atoms with E-state index in [0.29, 0.717) is 25.7 Å². The molecule has 0 bridgehead atoms. The van der Waals surface area contributed by atoms with Gasteiger partial charge >= 0.3 is 23.9 Å². The van der Waals surface area contributed by atoms with Crippen molar-refractivity contribution in [2.45, 2.75) is 376 Å². The van der Waals surface area contributed by atoms with Gasteiger partial charge in [0.05, 0.1) is 6.61 Å². The second kappa shape index (κ2) is 53.9. The lowest BCUT2D eigenvalue weighted by atomic mass is 10.0. The number of carbonyl (C=O) groups excluding carboxylic acids is 5. The molecule has 2 atom stereocenters. The maximum atomic E-state index is 13.7. The Morgan fingerprint density at radius 3 is 0.951 bits per heavy atom. The van der Waals surface area contributed by atoms with Crippen molar-refractivity contribution < 1.29 is 47.7 Å². The molecule has 0 aromatic rings. The third-order valence-electron chi connectivity index (χ3n) is 16.2. The second-order valence-electron chi connectivity index (χ2n) is 26.4. The van der Waals surface area contributed by atoms with Crippen LogP contribution in [0, 0.1) is 23.7 Å². The first kappa shape index (κ1) is 76.3. The molecule has 81 heavy (non-hydrogen) atoms. The van der Waals surface area contributed by atoms with Crippen LogP contribution in [0.2, 0.25) is 0 Å². The molecule has 10 nitrogen and oxygen atoms in total. The molecule has 1 heterocycles. The zero-order valence-corrected chi connectivity index (χ0v) is 54.4. The van der Waals surface area contributed by atoms with Crippen molar-refractivity contribution in [2.75, 3.05) is 13.2 Å². The van der Waals surface area contributed by atoms with Gasteiger partial charge in [0.2, 0.25) is 11.9 Å². The van der Waals surface area contributed by atoms with Gasteiger partial charge in [0.1, 0.15) is 6.61 Å². The lowest BCUT2D eigenvalue weighted by Gasteiger charge is -2.24. The molecule has 0 saturated heterocycles. The molecule has 1 aliphatic heterocycles. The summed E-state index contributed by atoms with van der Waals surface area (Å²) in [6.45, 7) is 17.8. The number of Topliss-reactive ketones (excluding diaryl/α,β-unsaturated/α-hetero) is 1. The summed E-state index contributed by atoms with van der Waals surface area (Å²) < 4.78 is 29.5. The van der Waals surface area contributed by atoms with Crippen molar-refractivity contribution >= 4 is 29.7 Å². The normalized spacial score (nSPS) is 14.0. The van der Waals surface area contributed by atoms with E-state index < -0.39 is 41.8 Å². The Hall–Kier alpha value is -2.75. The van der Waals surface area contributed by atoms with Gasteiger partial charge in [-0.25, -0.2) is 4.79 Å². The minimum absolute atomic E-state index is 0.0579. The Bertz CT molecular complexity index is 1570. The van der Waals surface area contributed by atoms with E-state index >= 15 is 0 Å². The van der Waals surface area contributed by atoms with Crippen LogP contribution in [-0.4, -0.2) is 55.1 Å². The van der Waals surface area contributed by atoms with Crippen molar-refractivity contribution in [3.63, 3.8) is 0 Å². The molecule has 0 spiro atoms. The number of ether oxygens (including phenoxy) is 5. The summed E-state index contributed by atoms with van der Waals surface area (Å²) in [6, 6.07) is 0. The van der Waals surface area contributed by atoms with Gasteiger partial charge in [-0.2, -0.15) is 0 Å². The predicted octanol–water partition coefficient (Wildman–Crippen LogP) is 21.1. The van der Waals surface area contributed by atoms with Crippen LogP contribution in [0.4, 0.5) is 0 Å². The van der Waals surface area contributed by atoms with E-state index in [2.05, 4.69) is 55.4 Å². The lowest BCUT2D eigenvalue weighted by Crippen LogP contribution is -2.38. The smallest absolute Gasteiger partial charge is 0.379 e. The Balaban J connectivity index is 2.98. The topological polar surface area (TPSA) is 132 Å². The molecule has 0 saturated carbocycles. The van der Waals surface area contributed by atoms with E-state index in [-0.39, 0.29) is 44.0 Å². The highest BCUT2D eigenvalue weighted by Crippen LogP contribution is 2.31. The van der Waals surface area contributed by atoms with E-state index in [9.17, 15) is 24.0 Å². The molecular weight excluding hydrogens is 1010 g/mol. The number of cyclic esters (lactones) is 1. The number of rotatable bonds is 60. The van der Waals surface area contributed by atoms with Crippen LogP contribution >= 0.6 is 0 Å². The minimum Gasteiger partial charge on any atom is -0.455 e. The monoisotopic (exact) mass is 1140 g/mol. The maximum absolute atomic E-state index is 13.7. The van der Waals surface area contributed by atoms with Gasteiger partial charge in [0, 0.05) is 25.7 Å². The molecule has 1 aliphatic rings. The van der Waals surface area contributed by atoms with Crippen molar-refractivity contribution in [1.82, 2.24) is 0 Å². The summed E-state index contributed by atoms with van der Waals surface area (Å²) in [4.78, 5) is 67.4. The summed E-state index contributed by atoms with van der Waals surface area (Å²) in [5.41, 5.74) is 0. The first-order valence-corrected chi connectivity index (χ1v) is 34.8. The molecule has 0 N–H and O–H groups in total. The van der Waals surface area contributed by atoms with E-state index in [0.717, 1.165) is 101 Å². The van der Waals surface area contributed by atoms with Gasteiger partial charge in [-0.1, -0.05) is 312 Å². The number of unbranched alkanes of at least 4 members (excludes halogenated alkanes) is 36. The summed E-state index contributed by atoms with van der Waals surface area (Å²) in [7, 11) is 0. The van der Waals surface area contributed by atoms with E-state index in [1.165, 1.54) is 186 Å². The third kappa shape index (κ3) is 48.2. The quantitative estimate of drug-likeness (QED) is 0.0329. The average molecular weight is 1140 g/mol. The highest BCUT2D eigenvalue weighted by atomic mass is 16.7. The van der Waals surface area contributed by atoms with Crippen LogP contribution < -0.4 is 0 Å². The fourth-order valence-electron chi connectivity index (χ4n) is 11.0. The van der Waals surface area contributed by atoms with Crippen molar-refractivity contribution in [1.29, 1.82) is 0 Å². The molecule has 0 fully saturated rings. The molecule has 0 radical (unpaired) electrons. The maximum Gasteiger partial charge on any atom is 0.379 e. The fraction of sp³-hybridized carbons (Fsp3) is 0.901. The van der Waals surface area contributed by atoms with Crippen LogP contribution in [0.15, 0.2) is 11.5 Å². The van der Waals surface area contributed by atoms with E-state index in [1.807, 2.05) is 0 Å². The Morgan fingerprint density at radius 1 is 0.358 bits per heavy atom. The molecule has 474 valence electrons. The van der Waals surface area contributed by atoms with E-state index in [1.54, 1.807) is 0 Å². The number of ketones is 1. The molecule has 0 aromatic heterocycles. The average Bonchev–Trinajstić information content (AvgIpc) is 3.92. The standard InChI is InChI=1S/C71H130O10/c1-59(2)49-41-33-25-17-9-13-21-29-37-45-53-63(72)57-77-58-64(78-65(73)54-46-38-30-22-14-10-18-26-34-42-50-60(3)4)68-69(79-66(74)55-47-39-31-23-15-11-19-27-35-43-51-61(5)6)70(71(76)81-68)80-67(75)56-48-40-32-24-16-12-20-28-36-44-52-62(7)8/h59-62,64,68H,9-58H2,1-8H3/t64?,68-/m1/s1. The zero-order chi connectivity index (χ0) is 59.4. The predicted molar refractivity (Wildman–Crippen MR) is 336 cm³/mol. The zero-order valence-electron chi connectivity index (χ0n) is 54.4. The molecule has 0 amide bonds. The number of hydrogen-bond acceptors (Lipinski definition) is 10. The van der Waals surface area contributed by atoms with Crippen molar-refractivity contribution in [2.24, 2.45) is 23.7 Å². The summed E-state index contributed by atoms with van der Waals surface area (Å²) in [5, 5.41) is 0. The first-order valence-electron chi connectivity index (χ1n) is 34.8. The van der Waals surface area contributed by atoms with Gasteiger partial charge in [0.15, 0.2) is 11.9 Å². The van der Waals surface area contributed by atoms with Crippen molar-refractivity contribution in [3.05, 3.63) is 11.5 Å². The summed E-state index contributed by atoms with van der Waals surface area (Å²) in [6.07, 6.45) is 48.9. The number of esters is 4. The summed E-state index contributed by atoms with van der Waals surface area (Å²) >= 11 is 0. The van der Waals surface area contributed by atoms with Gasteiger partial charge in [-0.15, -0.1) is 0 Å². The molecule has 1 unspecified atom stereocenters.